The zero-order valence-corrected chi connectivity index (χ0v) is 16.7. The average molecular weight is 432 g/mol. The van der Waals surface area contributed by atoms with E-state index in [9.17, 15) is 9.59 Å². The van der Waals surface area contributed by atoms with E-state index in [1.54, 1.807) is 36.2 Å². The normalized spacial score (nSPS) is 14.5. The van der Waals surface area contributed by atoms with E-state index in [1.807, 2.05) is 24.3 Å². The van der Waals surface area contributed by atoms with E-state index in [-0.39, 0.29) is 18.0 Å². The van der Waals surface area contributed by atoms with Gasteiger partial charge in [0.25, 0.3) is 5.91 Å². The van der Waals surface area contributed by atoms with Gasteiger partial charge in [0.2, 0.25) is 0 Å². The molecule has 1 aliphatic rings. The molecule has 1 fully saturated rings. The maximum Gasteiger partial charge on any atom is 0.321 e. The number of piperidine rings is 1. The minimum atomic E-state index is -0.184. The van der Waals surface area contributed by atoms with Crippen LogP contribution in [-0.4, -0.2) is 43.1 Å². The third kappa shape index (κ3) is 5.01. The molecule has 27 heavy (non-hydrogen) atoms. The van der Waals surface area contributed by atoms with E-state index in [1.165, 1.54) is 0 Å². The first-order valence-electron chi connectivity index (χ1n) is 8.86. The van der Waals surface area contributed by atoms with E-state index in [4.69, 9.17) is 4.74 Å². The van der Waals surface area contributed by atoms with Crippen molar-refractivity contribution in [1.82, 2.24) is 10.2 Å². The number of amides is 3. The highest BCUT2D eigenvalue weighted by atomic mass is 79.9. The van der Waals surface area contributed by atoms with Crippen LogP contribution >= 0.6 is 15.9 Å². The Kier molecular flexibility index (Phi) is 6.34. The Hall–Kier alpha value is -2.54. The SMILES string of the molecule is CNC(=O)c1cccc(NC(=O)N2CCC(Oc3ccccc3Br)CC2)c1. The van der Waals surface area contributed by atoms with Gasteiger partial charge in [0.05, 0.1) is 4.47 Å². The summed E-state index contributed by atoms with van der Waals surface area (Å²) in [4.78, 5) is 26.0. The number of anilines is 1. The van der Waals surface area contributed by atoms with Crippen molar-refractivity contribution in [2.24, 2.45) is 0 Å². The van der Waals surface area contributed by atoms with Crippen molar-refractivity contribution in [2.45, 2.75) is 18.9 Å². The van der Waals surface area contributed by atoms with Crippen molar-refractivity contribution in [2.75, 3.05) is 25.5 Å². The van der Waals surface area contributed by atoms with E-state index in [2.05, 4.69) is 26.6 Å². The molecule has 1 heterocycles. The standard InChI is InChI=1S/C20H22BrN3O3/c1-22-19(25)14-5-4-6-15(13-14)23-20(26)24-11-9-16(10-12-24)27-18-8-3-2-7-17(18)21/h2-8,13,16H,9-12H2,1H3,(H,22,25)(H,23,26). The second-order valence-corrected chi connectivity index (χ2v) is 7.18. The molecule has 0 unspecified atom stereocenters. The minimum absolute atomic E-state index is 0.0873. The lowest BCUT2D eigenvalue weighted by Gasteiger charge is -2.32. The van der Waals surface area contributed by atoms with Crippen LogP contribution in [0.3, 0.4) is 0 Å². The van der Waals surface area contributed by atoms with Crippen LogP contribution in [0.4, 0.5) is 10.5 Å². The number of hydrogen-bond donors (Lipinski definition) is 2. The van der Waals surface area contributed by atoms with E-state index < -0.39 is 0 Å². The van der Waals surface area contributed by atoms with Gasteiger partial charge in [0.15, 0.2) is 0 Å². The number of urea groups is 1. The fraction of sp³-hybridized carbons (Fsp3) is 0.300. The number of nitrogens with one attached hydrogen (secondary N) is 2. The number of carbonyl (C=O) groups excluding carboxylic acids is 2. The zero-order valence-electron chi connectivity index (χ0n) is 15.1. The van der Waals surface area contributed by atoms with Gasteiger partial charge in [0, 0.05) is 44.2 Å². The van der Waals surface area contributed by atoms with Gasteiger partial charge in [-0.05, 0) is 46.3 Å². The maximum atomic E-state index is 12.5. The average Bonchev–Trinajstić information content (AvgIpc) is 2.70. The molecule has 3 amide bonds. The fourth-order valence-electron chi connectivity index (χ4n) is 2.98. The monoisotopic (exact) mass is 431 g/mol. The van der Waals surface area contributed by atoms with Crippen molar-refractivity contribution < 1.29 is 14.3 Å². The highest BCUT2D eigenvalue weighted by Gasteiger charge is 2.24. The Bertz CT molecular complexity index is 820. The molecule has 3 rings (SSSR count). The number of hydrogen-bond acceptors (Lipinski definition) is 3. The fourth-order valence-corrected chi connectivity index (χ4v) is 3.36. The van der Waals surface area contributed by atoms with Crippen LogP contribution in [0, 0.1) is 0 Å². The molecule has 1 saturated heterocycles. The summed E-state index contributed by atoms with van der Waals surface area (Å²) in [5.74, 6) is 0.641. The predicted octanol–water partition coefficient (Wildman–Crippen LogP) is 3.88. The molecule has 0 aromatic heterocycles. The van der Waals surface area contributed by atoms with Crippen LogP contribution < -0.4 is 15.4 Å². The van der Waals surface area contributed by atoms with Crippen LogP contribution in [0.5, 0.6) is 5.75 Å². The Balaban J connectivity index is 1.53. The first kappa shape index (κ1) is 19.2. The maximum absolute atomic E-state index is 12.5. The first-order valence-corrected chi connectivity index (χ1v) is 9.65. The van der Waals surface area contributed by atoms with Crippen LogP contribution in [0.15, 0.2) is 53.0 Å². The van der Waals surface area contributed by atoms with Crippen molar-refractivity contribution in [3.8, 4) is 5.75 Å². The Labute approximate surface area is 167 Å². The number of ether oxygens (including phenoxy) is 1. The summed E-state index contributed by atoms with van der Waals surface area (Å²) < 4.78 is 6.97. The number of benzene rings is 2. The first-order chi connectivity index (χ1) is 13.1. The molecular weight excluding hydrogens is 410 g/mol. The summed E-state index contributed by atoms with van der Waals surface area (Å²) in [6.07, 6.45) is 1.63. The summed E-state index contributed by atoms with van der Waals surface area (Å²) in [6.45, 7) is 1.24. The lowest BCUT2D eigenvalue weighted by Crippen LogP contribution is -2.43. The van der Waals surface area contributed by atoms with Gasteiger partial charge in [0.1, 0.15) is 11.9 Å². The van der Waals surface area contributed by atoms with Gasteiger partial charge in [-0.3, -0.25) is 4.79 Å². The van der Waals surface area contributed by atoms with Gasteiger partial charge in [-0.25, -0.2) is 4.79 Å². The van der Waals surface area contributed by atoms with E-state index in [0.29, 0.717) is 24.3 Å². The number of nitrogens with zero attached hydrogens (tertiary/aromatic N) is 1. The summed E-state index contributed by atoms with van der Waals surface area (Å²) in [5.41, 5.74) is 1.11. The van der Waals surface area contributed by atoms with Crippen LogP contribution in [-0.2, 0) is 0 Å². The summed E-state index contributed by atoms with van der Waals surface area (Å²) in [5, 5.41) is 5.44. The topological polar surface area (TPSA) is 70.7 Å². The summed E-state index contributed by atoms with van der Waals surface area (Å²) in [6, 6.07) is 14.5. The predicted molar refractivity (Wildman–Crippen MR) is 108 cm³/mol. The lowest BCUT2D eigenvalue weighted by atomic mass is 10.1. The van der Waals surface area contributed by atoms with Gasteiger partial charge in [-0.15, -0.1) is 0 Å². The minimum Gasteiger partial charge on any atom is -0.489 e. The van der Waals surface area contributed by atoms with Gasteiger partial charge in [-0.2, -0.15) is 0 Å². The smallest absolute Gasteiger partial charge is 0.321 e. The lowest BCUT2D eigenvalue weighted by molar-refractivity contribution is 0.0963. The number of carbonyl (C=O) groups is 2. The number of para-hydroxylation sites is 1. The van der Waals surface area contributed by atoms with Crippen molar-refractivity contribution in [3.63, 3.8) is 0 Å². The van der Waals surface area contributed by atoms with Crippen molar-refractivity contribution >= 4 is 33.6 Å². The molecule has 2 aromatic rings. The second-order valence-electron chi connectivity index (χ2n) is 6.32. The van der Waals surface area contributed by atoms with E-state index in [0.717, 1.165) is 23.1 Å². The molecule has 2 N–H and O–H groups in total. The highest BCUT2D eigenvalue weighted by Crippen LogP contribution is 2.27. The largest absolute Gasteiger partial charge is 0.489 e. The molecule has 2 aromatic carbocycles. The Morgan fingerprint density at radius 1 is 1.11 bits per heavy atom. The van der Waals surface area contributed by atoms with Gasteiger partial charge >= 0.3 is 6.03 Å². The van der Waals surface area contributed by atoms with E-state index >= 15 is 0 Å². The molecule has 0 aliphatic carbocycles. The molecule has 0 spiro atoms. The van der Waals surface area contributed by atoms with Gasteiger partial charge < -0.3 is 20.3 Å². The molecule has 142 valence electrons. The van der Waals surface area contributed by atoms with Gasteiger partial charge in [-0.1, -0.05) is 18.2 Å². The van der Waals surface area contributed by atoms with Crippen LogP contribution in [0.1, 0.15) is 23.2 Å². The quantitative estimate of drug-likeness (QED) is 0.771. The van der Waals surface area contributed by atoms with Crippen LogP contribution in [0.25, 0.3) is 0 Å². The summed E-state index contributed by atoms with van der Waals surface area (Å²) >= 11 is 3.49. The third-order valence-electron chi connectivity index (χ3n) is 4.46. The number of rotatable bonds is 4. The molecule has 0 atom stereocenters. The zero-order chi connectivity index (χ0) is 19.2. The molecule has 0 radical (unpaired) electrons. The number of likely N-dealkylation sites (tertiary alicyclic amines) is 1. The van der Waals surface area contributed by atoms with Crippen molar-refractivity contribution in [3.05, 3.63) is 58.6 Å². The molecule has 0 saturated carbocycles. The van der Waals surface area contributed by atoms with Crippen LogP contribution in [0.2, 0.25) is 0 Å². The Morgan fingerprint density at radius 2 is 1.85 bits per heavy atom. The molecule has 1 aliphatic heterocycles. The third-order valence-corrected chi connectivity index (χ3v) is 5.12. The Morgan fingerprint density at radius 3 is 2.56 bits per heavy atom. The van der Waals surface area contributed by atoms with Crippen molar-refractivity contribution in [1.29, 1.82) is 0 Å². The highest BCUT2D eigenvalue weighted by molar-refractivity contribution is 9.10. The second kappa shape index (κ2) is 8.90. The molecule has 0 bridgehead atoms. The molecule has 7 heteroatoms. The number of halogens is 1. The molecule has 6 nitrogen and oxygen atoms in total. The summed E-state index contributed by atoms with van der Waals surface area (Å²) in [7, 11) is 1.58. The molecular formula is C20H22BrN3O3.